The van der Waals surface area contributed by atoms with Gasteiger partial charge in [-0.05, 0) is 48.4 Å². The van der Waals surface area contributed by atoms with Crippen molar-refractivity contribution in [3.05, 3.63) is 76.3 Å². The zero-order valence-corrected chi connectivity index (χ0v) is 19.4. The molecule has 0 bridgehead atoms. The molecule has 0 aliphatic carbocycles. The molecule has 32 heavy (non-hydrogen) atoms. The molecule has 168 valence electrons. The van der Waals surface area contributed by atoms with E-state index < -0.39 is 13.5 Å². The van der Waals surface area contributed by atoms with Crippen LogP contribution in [0.1, 0.15) is 35.3 Å². The number of hydrazone groups is 1. The number of nitrogens with zero attached hydrogens (tertiary/aromatic N) is 1. The number of aromatic hydroxyl groups is 1. The highest BCUT2D eigenvalue weighted by Gasteiger charge is 2.25. The molecule has 1 amide bonds. The molecule has 0 fully saturated rings. The Hall–Kier alpha value is -2.70. The number of carbonyl (C=O) groups is 1. The number of hydrogen-bond acceptors (Lipinski definition) is 6. The van der Waals surface area contributed by atoms with Crippen LogP contribution in [-0.2, 0) is 19.8 Å². The molecule has 0 saturated heterocycles. The monoisotopic (exact) mass is 474 g/mol. The SMILES string of the molecule is CCOP(=O)(Cc1ccc(/C=N/NC(=O)c2ccc(O)c(Cl)c2)c2ccccc12)OCC. The second kappa shape index (κ2) is 10.7. The van der Waals surface area contributed by atoms with Crippen molar-refractivity contribution < 1.29 is 23.5 Å². The van der Waals surface area contributed by atoms with Crippen LogP contribution in [0.25, 0.3) is 10.8 Å². The van der Waals surface area contributed by atoms with E-state index >= 15 is 0 Å². The molecule has 0 aliphatic rings. The minimum atomic E-state index is -3.26. The van der Waals surface area contributed by atoms with E-state index in [1.165, 1.54) is 24.4 Å². The number of fused-ring (bicyclic) bond motifs is 1. The maximum atomic E-state index is 13.0. The van der Waals surface area contributed by atoms with Gasteiger partial charge in [0, 0.05) is 11.1 Å². The summed E-state index contributed by atoms with van der Waals surface area (Å²) >= 11 is 5.85. The van der Waals surface area contributed by atoms with Crippen LogP contribution in [0.5, 0.6) is 5.75 Å². The molecule has 0 aromatic heterocycles. The molecule has 3 rings (SSSR count). The highest BCUT2D eigenvalue weighted by molar-refractivity contribution is 7.53. The lowest BCUT2D eigenvalue weighted by molar-refractivity contribution is 0.0955. The van der Waals surface area contributed by atoms with Crippen molar-refractivity contribution in [1.29, 1.82) is 0 Å². The van der Waals surface area contributed by atoms with Crippen molar-refractivity contribution in [3.63, 3.8) is 0 Å². The summed E-state index contributed by atoms with van der Waals surface area (Å²) in [5.74, 6) is -0.560. The minimum Gasteiger partial charge on any atom is -0.506 e. The van der Waals surface area contributed by atoms with E-state index in [2.05, 4.69) is 10.5 Å². The number of halogens is 1. The first-order valence-corrected chi connectivity index (χ1v) is 12.2. The van der Waals surface area contributed by atoms with Crippen LogP contribution in [0, 0.1) is 0 Å². The Balaban J connectivity index is 1.84. The Morgan fingerprint density at radius 1 is 1.09 bits per heavy atom. The zero-order chi connectivity index (χ0) is 23.1. The topological polar surface area (TPSA) is 97.2 Å². The Kier molecular flexibility index (Phi) is 8.04. The van der Waals surface area contributed by atoms with Gasteiger partial charge in [0.15, 0.2) is 0 Å². The molecule has 7 nitrogen and oxygen atoms in total. The van der Waals surface area contributed by atoms with Crippen LogP contribution in [0.3, 0.4) is 0 Å². The third-order valence-corrected chi connectivity index (χ3v) is 6.98. The van der Waals surface area contributed by atoms with E-state index in [0.717, 1.165) is 21.9 Å². The number of benzene rings is 3. The highest BCUT2D eigenvalue weighted by Crippen LogP contribution is 2.52. The number of rotatable bonds is 9. The Bertz CT molecular complexity index is 1190. The number of phenolic OH excluding ortho intramolecular Hbond substituents is 1. The summed E-state index contributed by atoms with van der Waals surface area (Å²) in [5, 5.41) is 15.4. The van der Waals surface area contributed by atoms with Crippen molar-refractivity contribution in [2.45, 2.75) is 20.0 Å². The number of amides is 1. The summed E-state index contributed by atoms with van der Waals surface area (Å²) in [5.41, 5.74) is 4.33. The van der Waals surface area contributed by atoms with E-state index in [4.69, 9.17) is 20.6 Å². The van der Waals surface area contributed by atoms with Crippen LogP contribution < -0.4 is 5.43 Å². The van der Waals surface area contributed by atoms with Gasteiger partial charge >= 0.3 is 7.60 Å². The summed E-state index contributed by atoms with van der Waals surface area (Å²) in [6.07, 6.45) is 1.70. The van der Waals surface area contributed by atoms with Gasteiger partial charge < -0.3 is 14.2 Å². The molecule has 2 N–H and O–H groups in total. The maximum absolute atomic E-state index is 13.0. The van der Waals surface area contributed by atoms with Crippen molar-refractivity contribution in [1.82, 2.24) is 5.43 Å². The smallest absolute Gasteiger partial charge is 0.335 e. The molecular formula is C23H24ClN2O5P. The first kappa shape index (κ1) is 24.0. The van der Waals surface area contributed by atoms with E-state index in [-0.39, 0.29) is 22.5 Å². The normalized spacial score (nSPS) is 11.8. The molecule has 0 unspecified atom stereocenters. The second-order valence-electron chi connectivity index (χ2n) is 6.83. The summed E-state index contributed by atoms with van der Waals surface area (Å²) in [7, 11) is -3.26. The fourth-order valence-electron chi connectivity index (χ4n) is 3.24. The van der Waals surface area contributed by atoms with E-state index in [1.807, 2.05) is 36.4 Å². The molecule has 0 aliphatic heterocycles. The highest BCUT2D eigenvalue weighted by atomic mass is 35.5. The average molecular weight is 475 g/mol. The van der Waals surface area contributed by atoms with Gasteiger partial charge in [-0.15, -0.1) is 0 Å². The molecule has 3 aromatic rings. The van der Waals surface area contributed by atoms with Crippen molar-refractivity contribution in [2.24, 2.45) is 5.10 Å². The second-order valence-corrected chi connectivity index (χ2v) is 9.29. The van der Waals surface area contributed by atoms with Crippen LogP contribution in [-0.4, -0.2) is 30.4 Å². The van der Waals surface area contributed by atoms with Crippen molar-refractivity contribution >= 4 is 42.1 Å². The first-order valence-electron chi connectivity index (χ1n) is 10.1. The lowest BCUT2D eigenvalue weighted by Gasteiger charge is -2.18. The number of phenols is 1. The van der Waals surface area contributed by atoms with E-state index in [1.54, 1.807) is 13.8 Å². The lowest BCUT2D eigenvalue weighted by Crippen LogP contribution is -2.17. The van der Waals surface area contributed by atoms with Crippen molar-refractivity contribution in [2.75, 3.05) is 13.2 Å². The molecule has 0 atom stereocenters. The predicted molar refractivity (Wildman–Crippen MR) is 127 cm³/mol. The Labute approximate surface area is 191 Å². The molecular weight excluding hydrogens is 451 g/mol. The van der Waals surface area contributed by atoms with Gasteiger partial charge in [-0.1, -0.05) is 48.0 Å². The van der Waals surface area contributed by atoms with E-state index in [9.17, 15) is 14.5 Å². The summed E-state index contributed by atoms with van der Waals surface area (Å²) in [6, 6.07) is 15.5. The first-order chi connectivity index (χ1) is 15.4. The molecule has 0 heterocycles. The van der Waals surface area contributed by atoms with Crippen LogP contribution >= 0.6 is 19.2 Å². The fourth-order valence-corrected chi connectivity index (χ4v) is 5.16. The molecule has 0 radical (unpaired) electrons. The summed E-state index contributed by atoms with van der Waals surface area (Å²) in [4.78, 5) is 12.3. The molecule has 9 heteroatoms. The van der Waals surface area contributed by atoms with Gasteiger partial charge in [0.25, 0.3) is 5.91 Å². The minimum absolute atomic E-state index is 0.0830. The number of nitrogens with one attached hydrogen (secondary N) is 1. The van der Waals surface area contributed by atoms with Gasteiger partial charge in [0.2, 0.25) is 0 Å². The fraction of sp³-hybridized carbons (Fsp3) is 0.217. The van der Waals surface area contributed by atoms with Crippen LogP contribution in [0.15, 0.2) is 59.7 Å². The van der Waals surface area contributed by atoms with Crippen LogP contribution in [0.4, 0.5) is 0 Å². The van der Waals surface area contributed by atoms with Crippen molar-refractivity contribution in [3.8, 4) is 5.75 Å². The lowest BCUT2D eigenvalue weighted by atomic mass is 10.0. The third-order valence-electron chi connectivity index (χ3n) is 4.64. The average Bonchev–Trinajstić information content (AvgIpc) is 2.77. The van der Waals surface area contributed by atoms with Gasteiger partial charge in [-0.25, -0.2) is 5.43 Å². The third kappa shape index (κ3) is 5.75. The maximum Gasteiger partial charge on any atom is 0.335 e. The molecule has 0 saturated carbocycles. The number of carbonyl (C=O) groups excluding carboxylic acids is 1. The van der Waals surface area contributed by atoms with Gasteiger partial charge in [-0.2, -0.15) is 5.10 Å². The summed E-state index contributed by atoms with van der Waals surface area (Å²) < 4.78 is 23.9. The Morgan fingerprint density at radius 3 is 2.44 bits per heavy atom. The quantitative estimate of drug-likeness (QED) is 0.234. The Morgan fingerprint density at radius 2 is 1.78 bits per heavy atom. The predicted octanol–water partition coefficient (Wildman–Crippen LogP) is 5.73. The molecule has 0 spiro atoms. The van der Waals surface area contributed by atoms with E-state index in [0.29, 0.717) is 13.2 Å². The van der Waals surface area contributed by atoms with Gasteiger partial charge in [0.05, 0.1) is 30.6 Å². The summed E-state index contributed by atoms with van der Waals surface area (Å²) in [6.45, 7) is 4.16. The zero-order valence-electron chi connectivity index (χ0n) is 17.7. The largest absolute Gasteiger partial charge is 0.506 e. The molecule has 3 aromatic carbocycles. The number of hydrogen-bond donors (Lipinski definition) is 2. The van der Waals surface area contributed by atoms with Crippen LogP contribution in [0.2, 0.25) is 5.02 Å². The van der Waals surface area contributed by atoms with Gasteiger partial charge in [-0.3, -0.25) is 9.36 Å². The van der Waals surface area contributed by atoms with Gasteiger partial charge in [0.1, 0.15) is 5.75 Å². The standard InChI is InChI=1S/C23H24ClN2O5P/c1-3-30-32(29,31-4-2)15-18-10-9-17(19-7-5-6-8-20(18)19)14-25-26-23(28)16-11-12-22(27)21(24)13-16/h5-14,27H,3-4,15H2,1-2H3,(H,26,28)/b25-14+.